The van der Waals surface area contributed by atoms with Crippen molar-refractivity contribution in [1.29, 1.82) is 0 Å². The van der Waals surface area contributed by atoms with Crippen molar-refractivity contribution < 1.29 is 0 Å². The second-order valence-corrected chi connectivity index (χ2v) is 2.55. The van der Waals surface area contributed by atoms with Gasteiger partial charge < -0.3 is 0 Å². The van der Waals surface area contributed by atoms with Gasteiger partial charge in [0.2, 0.25) is 0 Å². The molecule has 0 aromatic heterocycles. The molecule has 0 bridgehead atoms. The first-order chi connectivity index (χ1) is 4.24. The summed E-state index contributed by atoms with van der Waals surface area (Å²) in [5.74, 6) is 0. The first-order valence-corrected chi connectivity index (χ1v) is 4.25. The van der Waals surface area contributed by atoms with E-state index in [0.717, 1.165) is 0 Å². The summed E-state index contributed by atoms with van der Waals surface area (Å²) in [6.07, 6.45) is 0. The summed E-state index contributed by atoms with van der Waals surface area (Å²) >= 11 is 15.9. The van der Waals surface area contributed by atoms with Crippen LogP contribution in [0.3, 0.4) is 0 Å². The molecule has 4 radical (unpaired) electrons. The largest absolute Gasteiger partial charge is 0.237 e. The predicted molar refractivity (Wildman–Crippen MR) is 61.7 cm³/mol. The number of hydrogen-bond donors (Lipinski definition) is 4. The molecule has 44 valence electrons. The van der Waals surface area contributed by atoms with Gasteiger partial charge in [-0.15, -0.1) is 0 Å². The molecule has 0 atom stereocenters. The molecular weight excluding hydrogens is 184 g/mol. The molecule has 0 aromatic carbocycles. The van der Waals surface area contributed by atoms with Gasteiger partial charge in [0.05, 0.1) is 0 Å². The van der Waals surface area contributed by atoms with Crippen molar-refractivity contribution in [3.63, 3.8) is 0 Å². The molecule has 0 spiro atoms. The fourth-order valence-corrected chi connectivity index (χ4v) is 1.80. The van der Waals surface area contributed by atoms with Crippen molar-refractivity contribution >= 4 is 76.2 Å². The third-order valence-electron chi connectivity index (χ3n) is 0.894. The molecule has 0 aliphatic carbocycles. The zero-order valence-electron chi connectivity index (χ0n) is 4.60. The van der Waals surface area contributed by atoms with Crippen LogP contribution >= 0.6 is 49.9 Å². The summed E-state index contributed by atoms with van der Waals surface area (Å²) < 4.78 is 0. The van der Waals surface area contributed by atoms with E-state index < -0.39 is 0 Å². The van der Waals surface area contributed by atoms with Crippen molar-refractivity contribution in [3.8, 4) is 0 Å². The molecule has 0 saturated heterocycles. The Kier molecular flexibility index (Phi) is 6.31. The Hall–Kier alpha value is 1.66. The van der Waals surface area contributed by atoms with Gasteiger partial charge in [-0.2, -0.15) is 0 Å². The molecule has 0 aliphatic rings. The second kappa shape index (κ2) is 5.33. The molecule has 8 heteroatoms. The smallest absolute Gasteiger partial charge is 0.171 e. The molecule has 0 N–H and O–H groups in total. The molecule has 0 heterocycles. The van der Waals surface area contributed by atoms with Gasteiger partial charge in [-0.1, -0.05) is 5.01 Å². The van der Waals surface area contributed by atoms with Crippen LogP contribution in [0.1, 0.15) is 0 Å². The molecule has 9 heavy (non-hydrogen) atoms. The van der Waals surface area contributed by atoms with Gasteiger partial charge in [-0.3, -0.25) is 0 Å². The lowest BCUT2D eigenvalue weighted by molar-refractivity contribution is 1.67. The van der Waals surface area contributed by atoms with E-state index in [-0.39, 0.29) is 5.01 Å². The minimum atomic E-state index is -0.377. The minimum Gasteiger partial charge on any atom is -0.237 e. The number of rotatable bonds is 4. The lowest BCUT2D eigenvalue weighted by atomic mass is 9.30. The monoisotopic (exact) mass is 188 g/mol. The Balaban J connectivity index is 3.82. The molecule has 0 amide bonds. The van der Waals surface area contributed by atoms with E-state index in [9.17, 15) is 0 Å². The van der Waals surface area contributed by atoms with E-state index in [1.807, 2.05) is 0 Å². The molecule has 0 nitrogen and oxygen atoms in total. The van der Waals surface area contributed by atoms with Gasteiger partial charge in [0.15, 0.2) is 26.2 Å². The van der Waals surface area contributed by atoms with Crippen LogP contribution in [0.5, 0.6) is 0 Å². The quantitative estimate of drug-likeness (QED) is 0.351. The maximum absolute atomic E-state index is 3.98. The van der Waals surface area contributed by atoms with Gasteiger partial charge >= 0.3 is 0 Å². The molecule has 0 aliphatic heterocycles. The number of thiol groups is 4. The summed E-state index contributed by atoms with van der Waals surface area (Å²) in [5.41, 5.74) is 0. The molecule has 0 saturated carbocycles. The third-order valence-corrected chi connectivity index (χ3v) is 2.68. The standard InChI is InChI=1S/CH4B4S4/c6-2-1(3-7,4-8)5-9/h6-9H. The van der Waals surface area contributed by atoms with E-state index >= 15 is 0 Å². The highest BCUT2D eigenvalue weighted by molar-refractivity contribution is 8.19. The topological polar surface area (TPSA) is 0 Å². The van der Waals surface area contributed by atoms with E-state index in [2.05, 4.69) is 49.9 Å². The van der Waals surface area contributed by atoms with Crippen LogP contribution in [0, 0.1) is 0 Å². The zero-order valence-corrected chi connectivity index (χ0v) is 8.18. The van der Waals surface area contributed by atoms with E-state index in [1.165, 1.54) is 0 Å². The molecular formula is CH4B4S4. The van der Waals surface area contributed by atoms with Crippen LogP contribution in [0.4, 0.5) is 0 Å². The van der Waals surface area contributed by atoms with Gasteiger partial charge in [-0.25, -0.2) is 49.9 Å². The van der Waals surface area contributed by atoms with Gasteiger partial charge in [-0.05, 0) is 0 Å². The van der Waals surface area contributed by atoms with E-state index in [1.54, 1.807) is 26.2 Å². The Bertz CT molecular complexity index is 55.5. The predicted octanol–water partition coefficient (Wildman–Crippen LogP) is 0.214. The molecule has 0 fully saturated rings. The molecule has 0 rings (SSSR count). The molecule has 0 unspecified atom stereocenters. The van der Waals surface area contributed by atoms with Gasteiger partial charge in [0, 0.05) is 0 Å². The van der Waals surface area contributed by atoms with Crippen LogP contribution < -0.4 is 0 Å². The van der Waals surface area contributed by atoms with Gasteiger partial charge in [0.1, 0.15) is 0 Å². The van der Waals surface area contributed by atoms with E-state index in [4.69, 9.17) is 0 Å². The summed E-state index contributed by atoms with van der Waals surface area (Å²) in [6.45, 7) is 6.61. The summed E-state index contributed by atoms with van der Waals surface area (Å²) in [6, 6.07) is 0. The zero-order chi connectivity index (χ0) is 7.33. The first-order valence-electron chi connectivity index (χ1n) is 2.19. The van der Waals surface area contributed by atoms with Crippen LogP contribution in [0.15, 0.2) is 0 Å². The van der Waals surface area contributed by atoms with Crippen LogP contribution in [-0.2, 0) is 0 Å². The molecule has 0 aromatic rings. The van der Waals surface area contributed by atoms with Crippen molar-refractivity contribution in [2.75, 3.05) is 0 Å². The fourth-order valence-electron chi connectivity index (χ4n) is 0.200. The lowest BCUT2D eigenvalue weighted by Gasteiger charge is -2.22. The van der Waals surface area contributed by atoms with Crippen molar-refractivity contribution in [1.82, 2.24) is 0 Å². The summed E-state index contributed by atoms with van der Waals surface area (Å²) in [7, 11) is 0. The SMILES string of the molecule is S[B]C([B]S)([B]S)[B]S. The Labute approximate surface area is 80.9 Å². The minimum absolute atomic E-state index is 0.377. The van der Waals surface area contributed by atoms with Crippen LogP contribution in [-0.4, -0.2) is 26.2 Å². The van der Waals surface area contributed by atoms with Crippen LogP contribution in [0.2, 0.25) is 5.01 Å². The second-order valence-electron chi connectivity index (χ2n) is 1.52. The van der Waals surface area contributed by atoms with Gasteiger partial charge in [0.25, 0.3) is 0 Å². The highest BCUT2D eigenvalue weighted by atomic mass is 32.1. The van der Waals surface area contributed by atoms with Crippen molar-refractivity contribution in [3.05, 3.63) is 0 Å². The average Bonchev–Trinajstić information content (AvgIpc) is 1.95. The maximum atomic E-state index is 3.98. The van der Waals surface area contributed by atoms with Crippen molar-refractivity contribution in [2.45, 2.75) is 5.01 Å². The Morgan fingerprint density at radius 1 is 0.667 bits per heavy atom. The Morgan fingerprint density at radius 2 is 0.889 bits per heavy atom. The first kappa shape index (κ1) is 10.7. The number of hydrogen-bond acceptors (Lipinski definition) is 4. The van der Waals surface area contributed by atoms with E-state index in [0.29, 0.717) is 0 Å². The lowest BCUT2D eigenvalue weighted by Crippen LogP contribution is -2.30. The highest BCUT2D eigenvalue weighted by Crippen LogP contribution is 2.24. The average molecular weight is 188 g/mol. The fraction of sp³-hybridized carbons (Fsp3) is 1.00. The summed E-state index contributed by atoms with van der Waals surface area (Å²) in [4.78, 5) is 0. The Morgan fingerprint density at radius 3 is 0.889 bits per heavy atom. The normalized spacial score (nSPS) is 10.2. The van der Waals surface area contributed by atoms with Crippen molar-refractivity contribution in [2.24, 2.45) is 0 Å². The van der Waals surface area contributed by atoms with Crippen LogP contribution in [0.25, 0.3) is 0 Å². The third kappa shape index (κ3) is 3.04. The highest BCUT2D eigenvalue weighted by Gasteiger charge is 2.27. The summed E-state index contributed by atoms with van der Waals surface area (Å²) in [5, 5.41) is -0.377. The maximum Gasteiger partial charge on any atom is 0.171 e.